The summed E-state index contributed by atoms with van der Waals surface area (Å²) in [5.74, 6) is 0.435. The van der Waals surface area contributed by atoms with Crippen LogP contribution in [0.4, 0.5) is 5.69 Å². The summed E-state index contributed by atoms with van der Waals surface area (Å²) in [5, 5.41) is 3.92. The van der Waals surface area contributed by atoms with Crippen molar-refractivity contribution in [1.82, 2.24) is 4.98 Å². The van der Waals surface area contributed by atoms with Crippen molar-refractivity contribution in [3.05, 3.63) is 118 Å². The highest BCUT2D eigenvalue weighted by atomic mass is 15.0. The van der Waals surface area contributed by atoms with Gasteiger partial charge in [0.15, 0.2) is 0 Å². The lowest BCUT2D eigenvalue weighted by molar-refractivity contribution is 0.839. The molecule has 0 radical (unpaired) electrons. The van der Waals surface area contributed by atoms with Crippen LogP contribution in [0.5, 0.6) is 0 Å². The van der Waals surface area contributed by atoms with E-state index in [9.17, 15) is 0 Å². The zero-order chi connectivity index (χ0) is 23.4. The first-order valence-electron chi connectivity index (χ1n) is 11.9. The molecular weight excluding hydrogens is 400 g/mol. The van der Waals surface area contributed by atoms with Crippen molar-refractivity contribution in [3.8, 4) is 11.3 Å². The quantitative estimate of drug-likeness (QED) is 0.317. The predicted octanol–water partition coefficient (Wildman–Crippen LogP) is 8.25. The average Bonchev–Trinajstić information content (AvgIpc) is 2.82. The molecule has 0 spiro atoms. The average molecular weight is 435 g/mol. The Hall–Kier alpha value is -3.39. The summed E-state index contributed by atoms with van der Waals surface area (Å²) in [4.78, 5) is 5.17. The van der Waals surface area contributed by atoms with Crippen LogP contribution in [0.25, 0.3) is 11.3 Å². The molecule has 0 fully saturated rings. The van der Waals surface area contributed by atoms with Gasteiger partial charge in [-0.25, -0.2) is 0 Å². The van der Waals surface area contributed by atoms with Gasteiger partial charge in [0.05, 0.1) is 17.4 Å². The summed E-state index contributed by atoms with van der Waals surface area (Å²) in [7, 11) is 0. The minimum atomic E-state index is -0.0396. The summed E-state index contributed by atoms with van der Waals surface area (Å²) in [6.07, 6.45) is 0.987. The maximum Gasteiger partial charge on any atom is 0.0940 e. The van der Waals surface area contributed by atoms with Gasteiger partial charge in [0.1, 0.15) is 0 Å². The van der Waals surface area contributed by atoms with Crippen LogP contribution in [-0.2, 0) is 6.42 Å². The molecule has 168 valence electrons. The number of nitrogens with one attached hydrogen (secondary N) is 1. The molecule has 1 N–H and O–H groups in total. The van der Waals surface area contributed by atoms with Crippen LogP contribution in [0, 0.1) is 13.8 Å². The Morgan fingerprint density at radius 1 is 0.788 bits per heavy atom. The molecule has 3 aromatic carbocycles. The number of pyridine rings is 1. The van der Waals surface area contributed by atoms with E-state index in [2.05, 4.69) is 125 Å². The van der Waals surface area contributed by atoms with Gasteiger partial charge in [-0.05, 0) is 67.1 Å². The molecule has 1 heterocycles. The van der Waals surface area contributed by atoms with Gasteiger partial charge in [-0.1, -0.05) is 92.6 Å². The van der Waals surface area contributed by atoms with Crippen molar-refractivity contribution < 1.29 is 0 Å². The minimum absolute atomic E-state index is 0.0396. The van der Waals surface area contributed by atoms with E-state index in [1.807, 2.05) is 0 Å². The molecule has 1 aromatic heterocycles. The number of hydrogen-bond donors (Lipinski definition) is 1. The van der Waals surface area contributed by atoms with Gasteiger partial charge in [0, 0.05) is 11.3 Å². The van der Waals surface area contributed by atoms with Gasteiger partial charge in [0.2, 0.25) is 0 Å². The number of benzene rings is 3. The second-order valence-corrected chi connectivity index (χ2v) is 9.20. The highest BCUT2D eigenvalue weighted by Gasteiger charge is 2.20. The van der Waals surface area contributed by atoms with E-state index in [0.717, 1.165) is 23.4 Å². The third kappa shape index (κ3) is 5.17. The molecule has 0 bridgehead atoms. The highest BCUT2D eigenvalue weighted by molar-refractivity contribution is 5.63. The predicted molar refractivity (Wildman–Crippen MR) is 141 cm³/mol. The first-order valence-corrected chi connectivity index (χ1v) is 11.9. The molecule has 33 heavy (non-hydrogen) atoms. The van der Waals surface area contributed by atoms with Gasteiger partial charge >= 0.3 is 0 Å². The fourth-order valence-electron chi connectivity index (χ4n) is 4.59. The summed E-state index contributed by atoms with van der Waals surface area (Å²) >= 11 is 0. The number of nitrogens with zero attached hydrogens (tertiary/aromatic N) is 1. The van der Waals surface area contributed by atoms with Crippen LogP contribution in [0.15, 0.2) is 84.9 Å². The minimum Gasteiger partial charge on any atom is -0.372 e. The third-order valence-corrected chi connectivity index (χ3v) is 6.19. The molecule has 0 aliphatic rings. The zero-order valence-electron chi connectivity index (χ0n) is 20.4. The lowest BCUT2D eigenvalue weighted by Gasteiger charge is -2.25. The van der Waals surface area contributed by atoms with Gasteiger partial charge in [-0.3, -0.25) is 4.98 Å². The Morgan fingerprint density at radius 2 is 1.48 bits per heavy atom. The second kappa shape index (κ2) is 10.0. The molecule has 2 nitrogen and oxygen atoms in total. The SMILES string of the molecule is CCc1cccc(C(C)C)c1NC(c1ccccc1)c1cccc(-c2cc(C)cc(C)c2)n1. The molecule has 0 aliphatic carbocycles. The van der Waals surface area contributed by atoms with E-state index in [1.54, 1.807) is 0 Å². The van der Waals surface area contributed by atoms with Gasteiger partial charge in [-0.2, -0.15) is 0 Å². The van der Waals surface area contributed by atoms with Crippen molar-refractivity contribution in [2.45, 2.75) is 53.0 Å². The Labute approximate surface area is 198 Å². The van der Waals surface area contributed by atoms with Crippen molar-refractivity contribution in [1.29, 1.82) is 0 Å². The Bertz CT molecular complexity index is 1200. The summed E-state index contributed by atoms with van der Waals surface area (Å²) < 4.78 is 0. The normalized spacial score (nSPS) is 12.1. The molecule has 0 amide bonds. The molecule has 1 unspecified atom stereocenters. The zero-order valence-corrected chi connectivity index (χ0v) is 20.4. The fourth-order valence-corrected chi connectivity index (χ4v) is 4.59. The monoisotopic (exact) mass is 434 g/mol. The van der Waals surface area contributed by atoms with Crippen LogP contribution in [0.1, 0.15) is 66.2 Å². The van der Waals surface area contributed by atoms with E-state index in [1.165, 1.54) is 33.5 Å². The van der Waals surface area contributed by atoms with E-state index >= 15 is 0 Å². The van der Waals surface area contributed by atoms with Crippen LogP contribution >= 0.6 is 0 Å². The molecule has 2 heteroatoms. The van der Waals surface area contributed by atoms with E-state index < -0.39 is 0 Å². The molecule has 0 saturated heterocycles. The van der Waals surface area contributed by atoms with Crippen LogP contribution in [0.2, 0.25) is 0 Å². The molecule has 0 saturated carbocycles. The number of rotatable bonds is 7. The molecular formula is C31H34N2. The fraction of sp³-hybridized carbons (Fsp3) is 0.258. The molecule has 4 rings (SSSR count). The van der Waals surface area contributed by atoms with Crippen molar-refractivity contribution >= 4 is 5.69 Å². The standard InChI is InChI=1S/C31H34N2/c1-6-24-14-10-15-27(21(2)3)30(24)33-31(25-12-8-7-9-13-25)29-17-11-16-28(32-29)26-19-22(4)18-23(5)20-26/h7-21,31,33H,6H2,1-5H3. The first kappa shape index (κ1) is 22.8. The van der Waals surface area contributed by atoms with E-state index in [4.69, 9.17) is 4.98 Å². The second-order valence-electron chi connectivity index (χ2n) is 9.20. The summed E-state index contributed by atoms with van der Waals surface area (Å²) in [6.45, 7) is 11.0. The highest BCUT2D eigenvalue weighted by Crippen LogP contribution is 2.34. The largest absolute Gasteiger partial charge is 0.372 e. The van der Waals surface area contributed by atoms with E-state index in [-0.39, 0.29) is 6.04 Å². The Morgan fingerprint density at radius 3 is 2.15 bits per heavy atom. The summed E-state index contributed by atoms with van der Waals surface area (Å²) in [6, 6.07) is 30.3. The number of aryl methyl sites for hydroxylation is 3. The van der Waals surface area contributed by atoms with Gasteiger partial charge in [0.25, 0.3) is 0 Å². The number of para-hydroxylation sites is 1. The smallest absolute Gasteiger partial charge is 0.0940 e. The summed E-state index contributed by atoms with van der Waals surface area (Å²) in [5.41, 5.74) is 10.9. The van der Waals surface area contributed by atoms with Crippen molar-refractivity contribution in [3.63, 3.8) is 0 Å². The van der Waals surface area contributed by atoms with Gasteiger partial charge < -0.3 is 5.32 Å². The topological polar surface area (TPSA) is 24.9 Å². The Kier molecular flexibility index (Phi) is 6.93. The van der Waals surface area contributed by atoms with Crippen LogP contribution in [-0.4, -0.2) is 4.98 Å². The Balaban J connectivity index is 1.83. The third-order valence-electron chi connectivity index (χ3n) is 6.19. The molecule has 0 aliphatic heterocycles. The lowest BCUT2D eigenvalue weighted by Crippen LogP contribution is -2.17. The number of hydrogen-bond acceptors (Lipinski definition) is 2. The maximum atomic E-state index is 5.17. The first-order chi connectivity index (χ1) is 16.0. The van der Waals surface area contributed by atoms with Crippen LogP contribution in [0.3, 0.4) is 0 Å². The lowest BCUT2D eigenvalue weighted by atomic mass is 9.94. The van der Waals surface area contributed by atoms with Crippen molar-refractivity contribution in [2.75, 3.05) is 5.32 Å². The van der Waals surface area contributed by atoms with Gasteiger partial charge in [-0.15, -0.1) is 0 Å². The van der Waals surface area contributed by atoms with Crippen LogP contribution < -0.4 is 5.32 Å². The van der Waals surface area contributed by atoms with E-state index in [0.29, 0.717) is 5.92 Å². The molecule has 1 atom stereocenters. The number of aromatic nitrogens is 1. The molecule has 4 aromatic rings. The number of anilines is 1. The maximum absolute atomic E-state index is 5.17. The van der Waals surface area contributed by atoms with Crippen molar-refractivity contribution in [2.24, 2.45) is 0 Å².